The molecule has 0 aliphatic heterocycles. The van der Waals surface area contributed by atoms with Gasteiger partial charge in [-0.3, -0.25) is 19.3 Å². The summed E-state index contributed by atoms with van der Waals surface area (Å²) in [5, 5.41) is 12.0. The quantitative estimate of drug-likeness (QED) is 0.530. The van der Waals surface area contributed by atoms with Crippen molar-refractivity contribution in [3.63, 3.8) is 0 Å². The number of fused-ring (bicyclic) bond motifs is 3. The fraction of sp³-hybridized carbons (Fsp3) is 0.333. The normalized spacial score (nSPS) is 19.4. The van der Waals surface area contributed by atoms with Crippen LogP contribution in [0.3, 0.4) is 0 Å². The van der Waals surface area contributed by atoms with Crippen molar-refractivity contribution in [2.75, 3.05) is 0 Å². The van der Waals surface area contributed by atoms with Crippen LogP contribution in [0.1, 0.15) is 48.5 Å². The van der Waals surface area contributed by atoms with Crippen molar-refractivity contribution >= 4 is 21.8 Å². The Labute approximate surface area is 174 Å². The second kappa shape index (κ2) is 7.61. The van der Waals surface area contributed by atoms with Gasteiger partial charge >= 0.3 is 0 Å². The van der Waals surface area contributed by atoms with E-state index in [0.29, 0.717) is 17.3 Å². The lowest BCUT2D eigenvalue weighted by Gasteiger charge is -2.29. The molecule has 6 nitrogen and oxygen atoms in total. The van der Waals surface area contributed by atoms with Gasteiger partial charge in [0.25, 0.3) is 5.56 Å². The summed E-state index contributed by atoms with van der Waals surface area (Å²) in [5.41, 5.74) is 4.32. The van der Waals surface area contributed by atoms with E-state index >= 15 is 0 Å². The number of pyridine rings is 2. The molecule has 3 aromatic heterocycles. The van der Waals surface area contributed by atoms with Crippen molar-refractivity contribution in [3.8, 4) is 0 Å². The average molecular weight is 400 g/mol. The van der Waals surface area contributed by atoms with Gasteiger partial charge in [-0.25, -0.2) is 4.98 Å². The summed E-state index contributed by atoms with van der Waals surface area (Å²) in [6.45, 7) is 1.97. The number of aromatic nitrogens is 4. The fourth-order valence-corrected chi connectivity index (χ4v) is 4.53. The molecule has 1 aromatic carbocycles. The van der Waals surface area contributed by atoms with Crippen LogP contribution in [0.4, 0.5) is 0 Å². The van der Waals surface area contributed by atoms with E-state index in [9.17, 15) is 9.90 Å². The highest BCUT2D eigenvalue weighted by Crippen LogP contribution is 2.30. The Balaban J connectivity index is 1.70. The van der Waals surface area contributed by atoms with E-state index in [-0.39, 0.29) is 11.6 Å². The summed E-state index contributed by atoms with van der Waals surface area (Å²) >= 11 is 0. The van der Waals surface area contributed by atoms with Crippen LogP contribution in [0.5, 0.6) is 0 Å². The predicted molar refractivity (Wildman–Crippen MR) is 117 cm³/mol. The third kappa shape index (κ3) is 3.27. The van der Waals surface area contributed by atoms with Crippen molar-refractivity contribution in [2.24, 2.45) is 0 Å². The molecule has 0 bridgehead atoms. The SMILES string of the molecule is Cc1ccc(Cc2cc3c(=O)n([C@H]4CCCC[C@@H]4O)cnc3c3ncccc23)cn1. The molecule has 152 valence electrons. The Hall–Kier alpha value is -3.12. The lowest BCUT2D eigenvalue weighted by molar-refractivity contribution is 0.0735. The number of benzene rings is 1. The molecular weight excluding hydrogens is 376 g/mol. The molecule has 5 rings (SSSR count). The van der Waals surface area contributed by atoms with Gasteiger partial charge in [0, 0.05) is 23.5 Å². The highest BCUT2D eigenvalue weighted by atomic mass is 16.3. The number of hydrogen-bond acceptors (Lipinski definition) is 5. The Kier molecular flexibility index (Phi) is 4.79. The lowest BCUT2D eigenvalue weighted by atomic mass is 9.92. The molecule has 1 fully saturated rings. The van der Waals surface area contributed by atoms with E-state index in [1.165, 1.54) is 0 Å². The monoisotopic (exact) mass is 400 g/mol. The molecule has 0 spiro atoms. The zero-order chi connectivity index (χ0) is 20.7. The number of aryl methyl sites for hydroxylation is 1. The molecule has 1 aliphatic rings. The highest BCUT2D eigenvalue weighted by Gasteiger charge is 2.26. The summed E-state index contributed by atoms with van der Waals surface area (Å²) in [4.78, 5) is 27.0. The highest BCUT2D eigenvalue weighted by molar-refractivity contribution is 6.04. The van der Waals surface area contributed by atoms with Gasteiger partial charge in [-0.1, -0.05) is 25.0 Å². The van der Waals surface area contributed by atoms with Gasteiger partial charge in [0.15, 0.2) is 0 Å². The number of aliphatic hydroxyl groups excluding tert-OH is 1. The molecule has 0 unspecified atom stereocenters. The molecule has 3 heterocycles. The smallest absolute Gasteiger partial charge is 0.261 e. The summed E-state index contributed by atoms with van der Waals surface area (Å²) in [6.07, 6.45) is 8.87. The first kappa shape index (κ1) is 18.9. The molecule has 6 heteroatoms. The summed E-state index contributed by atoms with van der Waals surface area (Å²) in [5.74, 6) is 0. The molecule has 1 aliphatic carbocycles. The largest absolute Gasteiger partial charge is 0.391 e. The maximum Gasteiger partial charge on any atom is 0.261 e. The Morgan fingerprint density at radius 2 is 1.90 bits per heavy atom. The number of rotatable bonds is 3. The number of nitrogens with zero attached hydrogens (tertiary/aromatic N) is 4. The molecule has 2 atom stereocenters. The first-order chi connectivity index (χ1) is 14.6. The zero-order valence-corrected chi connectivity index (χ0v) is 17.0. The van der Waals surface area contributed by atoms with Crippen molar-refractivity contribution < 1.29 is 5.11 Å². The fourth-order valence-electron chi connectivity index (χ4n) is 4.53. The maximum absolute atomic E-state index is 13.4. The third-order valence-electron chi connectivity index (χ3n) is 6.15. The first-order valence-electron chi connectivity index (χ1n) is 10.5. The predicted octanol–water partition coefficient (Wildman–Crippen LogP) is 3.71. The maximum atomic E-state index is 13.4. The van der Waals surface area contributed by atoms with Crippen LogP contribution in [0, 0.1) is 6.92 Å². The molecule has 0 amide bonds. The minimum Gasteiger partial charge on any atom is -0.391 e. The van der Waals surface area contributed by atoms with Crippen molar-refractivity contribution in [1.29, 1.82) is 0 Å². The van der Waals surface area contributed by atoms with Crippen molar-refractivity contribution in [2.45, 2.75) is 51.2 Å². The first-order valence-corrected chi connectivity index (χ1v) is 10.5. The second-order valence-corrected chi connectivity index (χ2v) is 8.19. The summed E-state index contributed by atoms with van der Waals surface area (Å²) in [7, 11) is 0. The van der Waals surface area contributed by atoms with Gasteiger partial charge in [0.1, 0.15) is 5.52 Å². The van der Waals surface area contributed by atoms with Crippen LogP contribution >= 0.6 is 0 Å². The van der Waals surface area contributed by atoms with Gasteiger partial charge in [-0.05, 0) is 55.5 Å². The standard InChI is InChI=1S/C24H24N4O2/c1-15-8-9-16(13-26-15)11-17-12-19-23(22-18(17)5-4-10-25-22)27-14-28(24(19)30)20-6-2-3-7-21(20)29/h4-5,8-10,12-14,20-21,29H,2-3,6-7,11H2,1H3/t20-,21-/m0/s1. The molecular formula is C24H24N4O2. The van der Waals surface area contributed by atoms with E-state index in [4.69, 9.17) is 0 Å². The van der Waals surface area contributed by atoms with Gasteiger partial charge in [-0.15, -0.1) is 0 Å². The summed E-state index contributed by atoms with van der Waals surface area (Å²) in [6, 6.07) is 9.72. The van der Waals surface area contributed by atoms with Crippen LogP contribution in [0.15, 0.2) is 53.8 Å². The number of aliphatic hydroxyl groups is 1. The van der Waals surface area contributed by atoms with Crippen molar-refractivity contribution in [3.05, 3.63) is 76.2 Å². The lowest BCUT2D eigenvalue weighted by Crippen LogP contribution is -2.34. The Morgan fingerprint density at radius 3 is 2.70 bits per heavy atom. The van der Waals surface area contributed by atoms with E-state index in [1.54, 1.807) is 17.1 Å². The number of hydrogen-bond donors (Lipinski definition) is 1. The van der Waals surface area contributed by atoms with E-state index in [2.05, 4.69) is 21.0 Å². The Morgan fingerprint density at radius 1 is 1.07 bits per heavy atom. The molecule has 0 saturated heterocycles. The van der Waals surface area contributed by atoms with E-state index in [1.807, 2.05) is 37.4 Å². The van der Waals surface area contributed by atoms with Crippen LogP contribution in [0.25, 0.3) is 21.8 Å². The zero-order valence-electron chi connectivity index (χ0n) is 17.0. The molecule has 0 radical (unpaired) electrons. The molecule has 1 N–H and O–H groups in total. The van der Waals surface area contributed by atoms with Crippen LogP contribution in [-0.4, -0.2) is 30.7 Å². The average Bonchev–Trinajstić information content (AvgIpc) is 2.77. The van der Waals surface area contributed by atoms with Gasteiger partial charge in [0.05, 0.1) is 29.4 Å². The van der Waals surface area contributed by atoms with E-state index in [0.717, 1.165) is 53.4 Å². The third-order valence-corrected chi connectivity index (χ3v) is 6.15. The molecule has 1 saturated carbocycles. The Bertz CT molecular complexity index is 1280. The van der Waals surface area contributed by atoms with E-state index < -0.39 is 6.10 Å². The van der Waals surface area contributed by atoms with Crippen LogP contribution in [-0.2, 0) is 6.42 Å². The minimum absolute atomic E-state index is 0.109. The minimum atomic E-state index is -0.507. The van der Waals surface area contributed by atoms with Crippen LogP contribution < -0.4 is 5.56 Å². The second-order valence-electron chi connectivity index (χ2n) is 8.19. The van der Waals surface area contributed by atoms with Gasteiger partial charge in [0.2, 0.25) is 0 Å². The summed E-state index contributed by atoms with van der Waals surface area (Å²) < 4.78 is 1.62. The van der Waals surface area contributed by atoms with Crippen molar-refractivity contribution in [1.82, 2.24) is 19.5 Å². The van der Waals surface area contributed by atoms with Crippen LogP contribution in [0.2, 0.25) is 0 Å². The van der Waals surface area contributed by atoms with Gasteiger partial charge in [-0.2, -0.15) is 0 Å². The van der Waals surface area contributed by atoms with Gasteiger partial charge < -0.3 is 5.11 Å². The topological polar surface area (TPSA) is 80.9 Å². The molecule has 4 aromatic rings. The molecule has 30 heavy (non-hydrogen) atoms.